The number of non-ortho nitro benzene ring substituents is 1. The van der Waals surface area contributed by atoms with Gasteiger partial charge in [0.25, 0.3) is 11.4 Å². The van der Waals surface area contributed by atoms with E-state index in [1.54, 1.807) is 0 Å². The quantitative estimate of drug-likeness (QED) is 0.620. The third-order valence-electron chi connectivity index (χ3n) is 3.63. The molecular formula is C13H15N3O5. The van der Waals surface area contributed by atoms with Gasteiger partial charge in [0.1, 0.15) is 5.78 Å². The van der Waals surface area contributed by atoms with Crippen LogP contribution < -0.4 is 0 Å². The van der Waals surface area contributed by atoms with Gasteiger partial charge in [-0.1, -0.05) is 6.92 Å². The Balaban J connectivity index is 2.21. The molecule has 8 heteroatoms. The lowest BCUT2D eigenvalue weighted by Crippen LogP contribution is -2.39. The number of hydrogen-bond acceptors (Lipinski definition) is 6. The van der Waals surface area contributed by atoms with Crippen LogP contribution in [0.25, 0.3) is 0 Å². The van der Waals surface area contributed by atoms with E-state index in [2.05, 4.69) is 0 Å². The van der Waals surface area contributed by atoms with E-state index >= 15 is 0 Å². The van der Waals surface area contributed by atoms with E-state index in [0.29, 0.717) is 31.6 Å². The summed E-state index contributed by atoms with van der Waals surface area (Å²) in [6.45, 7) is 3.24. The molecule has 1 aromatic carbocycles. The Bertz CT molecular complexity index is 601. The van der Waals surface area contributed by atoms with Crippen molar-refractivity contribution < 1.29 is 14.6 Å². The number of likely N-dealkylation sites (tertiary alicyclic amines) is 1. The highest BCUT2D eigenvalue weighted by Gasteiger charge is 2.26. The summed E-state index contributed by atoms with van der Waals surface area (Å²) in [5.74, 6) is 0.111. The minimum absolute atomic E-state index is 0.0872. The van der Waals surface area contributed by atoms with Crippen LogP contribution in [0.1, 0.15) is 18.9 Å². The molecule has 0 amide bonds. The number of ketones is 1. The molecule has 1 unspecified atom stereocenters. The maximum Gasteiger partial charge on any atom is 0.280 e. The van der Waals surface area contributed by atoms with E-state index in [9.17, 15) is 25.0 Å². The zero-order valence-electron chi connectivity index (χ0n) is 11.5. The first-order valence-corrected chi connectivity index (χ1v) is 6.55. The summed E-state index contributed by atoms with van der Waals surface area (Å²) in [5.41, 5.74) is -0.131. The average Bonchev–Trinajstić information content (AvgIpc) is 2.43. The van der Waals surface area contributed by atoms with Crippen LogP contribution in [0.2, 0.25) is 0 Å². The zero-order chi connectivity index (χ0) is 15.6. The van der Waals surface area contributed by atoms with Crippen LogP contribution in [0, 0.1) is 26.1 Å². The number of nitrogens with zero attached hydrogens (tertiary/aromatic N) is 3. The smallest absolute Gasteiger partial charge is 0.280 e. The van der Waals surface area contributed by atoms with Crippen LogP contribution in [0.15, 0.2) is 18.2 Å². The minimum atomic E-state index is -0.654. The first-order chi connectivity index (χ1) is 9.88. The second-order valence-electron chi connectivity index (χ2n) is 5.18. The van der Waals surface area contributed by atoms with Crippen molar-refractivity contribution in [2.24, 2.45) is 5.92 Å². The van der Waals surface area contributed by atoms with Gasteiger partial charge in [0.2, 0.25) is 0 Å². The van der Waals surface area contributed by atoms with Gasteiger partial charge in [0, 0.05) is 43.6 Å². The molecule has 0 aromatic heterocycles. The molecule has 0 aliphatic carbocycles. The van der Waals surface area contributed by atoms with Gasteiger partial charge in [-0.05, 0) is 6.07 Å². The SMILES string of the molecule is CC1CN(Cc2ccc([N+](=O)[O-])cc2[N+](=O)[O-])CCC1=O. The number of nitro benzene ring substituents is 2. The summed E-state index contributed by atoms with van der Waals surface area (Å²) >= 11 is 0. The van der Waals surface area contributed by atoms with Gasteiger partial charge in [0.15, 0.2) is 0 Å². The summed E-state index contributed by atoms with van der Waals surface area (Å²) < 4.78 is 0. The molecule has 1 aliphatic rings. The molecule has 8 nitrogen and oxygen atoms in total. The number of carbonyl (C=O) groups excluding carboxylic acids is 1. The molecule has 1 fully saturated rings. The molecule has 2 rings (SSSR count). The normalized spacial score (nSPS) is 19.5. The highest BCUT2D eigenvalue weighted by atomic mass is 16.6. The largest absolute Gasteiger partial charge is 0.299 e. The Morgan fingerprint density at radius 2 is 2.00 bits per heavy atom. The number of rotatable bonds is 4. The maximum absolute atomic E-state index is 11.5. The van der Waals surface area contributed by atoms with E-state index in [0.717, 1.165) is 6.07 Å². The van der Waals surface area contributed by atoms with Gasteiger partial charge >= 0.3 is 0 Å². The van der Waals surface area contributed by atoms with Crippen molar-refractivity contribution in [3.63, 3.8) is 0 Å². The van der Waals surface area contributed by atoms with Crippen molar-refractivity contribution in [2.75, 3.05) is 13.1 Å². The topological polar surface area (TPSA) is 107 Å². The Kier molecular flexibility index (Phi) is 4.27. The molecular weight excluding hydrogens is 278 g/mol. The molecule has 21 heavy (non-hydrogen) atoms. The molecule has 1 heterocycles. The van der Waals surface area contributed by atoms with Gasteiger partial charge in [-0.25, -0.2) is 0 Å². The molecule has 0 spiro atoms. The fraction of sp³-hybridized carbons (Fsp3) is 0.462. The molecule has 0 N–H and O–H groups in total. The highest BCUT2D eigenvalue weighted by molar-refractivity contribution is 5.81. The molecule has 1 aliphatic heterocycles. The fourth-order valence-corrected chi connectivity index (χ4v) is 2.45. The van der Waals surface area contributed by atoms with Crippen LogP contribution in [0.5, 0.6) is 0 Å². The van der Waals surface area contributed by atoms with Crippen molar-refractivity contribution >= 4 is 17.2 Å². The second-order valence-corrected chi connectivity index (χ2v) is 5.18. The number of hydrogen-bond donors (Lipinski definition) is 0. The van der Waals surface area contributed by atoms with E-state index in [4.69, 9.17) is 0 Å². The van der Waals surface area contributed by atoms with E-state index in [1.165, 1.54) is 12.1 Å². The van der Waals surface area contributed by atoms with Gasteiger partial charge in [0.05, 0.1) is 15.9 Å². The lowest BCUT2D eigenvalue weighted by Gasteiger charge is -2.29. The third kappa shape index (κ3) is 3.40. The molecule has 0 bridgehead atoms. The minimum Gasteiger partial charge on any atom is -0.299 e. The first-order valence-electron chi connectivity index (χ1n) is 6.55. The molecule has 1 atom stereocenters. The van der Waals surface area contributed by atoms with Crippen molar-refractivity contribution in [3.8, 4) is 0 Å². The van der Waals surface area contributed by atoms with Crippen molar-refractivity contribution in [3.05, 3.63) is 44.0 Å². The molecule has 0 saturated carbocycles. The van der Waals surface area contributed by atoms with E-state index in [-0.39, 0.29) is 23.1 Å². The predicted molar refractivity (Wildman–Crippen MR) is 73.8 cm³/mol. The first kappa shape index (κ1) is 15.0. The molecule has 1 saturated heterocycles. The summed E-state index contributed by atoms with van der Waals surface area (Å²) in [7, 11) is 0. The number of piperidine rings is 1. The summed E-state index contributed by atoms with van der Waals surface area (Å²) in [5, 5.41) is 21.8. The van der Waals surface area contributed by atoms with E-state index in [1.807, 2.05) is 11.8 Å². The van der Waals surface area contributed by atoms with Gasteiger partial charge in [-0.15, -0.1) is 0 Å². The number of Topliss-reactive ketones (excluding diaryl/α,β-unsaturated/α-hetero) is 1. The number of carbonyl (C=O) groups is 1. The molecule has 112 valence electrons. The number of nitro groups is 2. The van der Waals surface area contributed by atoms with E-state index < -0.39 is 9.85 Å². The predicted octanol–water partition coefficient (Wildman–Crippen LogP) is 1.91. The second kappa shape index (κ2) is 5.96. The van der Waals surface area contributed by atoms with Gasteiger partial charge < -0.3 is 0 Å². The van der Waals surface area contributed by atoms with Crippen molar-refractivity contribution in [1.82, 2.24) is 4.90 Å². The van der Waals surface area contributed by atoms with Gasteiger partial charge in [-0.2, -0.15) is 0 Å². The van der Waals surface area contributed by atoms with Crippen LogP contribution in [0.3, 0.4) is 0 Å². The van der Waals surface area contributed by atoms with Crippen LogP contribution in [-0.2, 0) is 11.3 Å². The Labute approximate surface area is 120 Å². The van der Waals surface area contributed by atoms with Crippen LogP contribution in [0.4, 0.5) is 11.4 Å². The number of benzene rings is 1. The molecule has 1 aromatic rings. The third-order valence-corrected chi connectivity index (χ3v) is 3.63. The summed E-state index contributed by atoms with van der Waals surface area (Å²) in [6.07, 6.45) is 0.432. The van der Waals surface area contributed by atoms with Crippen molar-refractivity contribution in [2.45, 2.75) is 19.9 Å². The Morgan fingerprint density at radius 1 is 1.29 bits per heavy atom. The monoisotopic (exact) mass is 293 g/mol. The Hall–Kier alpha value is -2.35. The Morgan fingerprint density at radius 3 is 2.57 bits per heavy atom. The van der Waals surface area contributed by atoms with Gasteiger partial charge in [-0.3, -0.25) is 29.9 Å². The highest BCUT2D eigenvalue weighted by Crippen LogP contribution is 2.26. The average molecular weight is 293 g/mol. The lowest BCUT2D eigenvalue weighted by molar-refractivity contribution is -0.394. The maximum atomic E-state index is 11.5. The summed E-state index contributed by atoms with van der Waals surface area (Å²) in [6, 6.07) is 3.66. The van der Waals surface area contributed by atoms with Crippen LogP contribution >= 0.6 is 0 Å². The van der Waals surface area contributed by atoms with Crippen LogP contribution in [-0.4, -0.2) is 33.6 Å². The lowest BCUT2D eigenvalue weighted by atomic mass is 9.98. The zero-order valence-corrected chi connectivity index (χ0v) is 11.5. The standard InChI is InChI=1S/C13H15N3O5/c1-9-7-14(5-4-13(9)17)8-10-2-3-11(15(18)19)6-12(10)16(20)21/h2-3,6,9H,4-5,7-8H2,1H3. The molecule has 0 radical (unpaired) electrons. The van der Waals surface area contributed by atoms with Crippen molar-refractivity contribution in [1.29, 1.82) is 0 Å². The summed E-state index contributed by atoms with van der Waals surface area (Å²) in [4.78, 5) is 33.9. The fourth-order valence-electron chi connectivity index (χ4n) is 2.45.